The molecule has 0 amide bonds. The number of anilines is 1. The van der Waals surface area contributed by atoms with E-state index in [-0.39, 0.29) is 5.56 Å². The predicted octanol–water partition coefficient (Wildman–Crippen LogP) is 2.33. The number of hydrogen-bond acceptors (Lipinski definition) is 8. The molecule has 0 aliphatic carbocycles. The van der Waals surface area contributed by atoms with Crippen molar-refractivity contribution in [1.29, 1.82) is 0 Å². The average Bonchev–Trinajstić information content (AvgIpc) is 2.87. The van der Waals surface area contributed by atoms with Gasteiger partial charge in [0.1, 0.15) is 11.5 Å². The van der Waals surface area contributed by atoms with Crippen LogP contribution in [0.15, 0.2) is 41.2 Å². The zero-order valence-corrected chi connectivity index (χ0v) is 19.3. The summed E-state index contributed by atoms with van der Waals surface area (Å²) < 4.78 is 17.3. The van der Waals surface area contributed by atoms with Gasteiger partial charge in [-0.1, -0.05) is 6.92 Å². The zero-order valence-electron chi connectivity index (χ0n) is 19.3. The van der Waals surface area contributed by atoms with E-state index in [2.05, 4.69) is 16.7 Å². The van der Waals surface area contributed by atoms with Crippen molar-refractivity contribution in [1.82, 2.24) is 14.5 Å². The summed E-state index contributed by atoms with van der Waals surface area (Å²) in [6, 6.07) is 10.1. The molecule has 0 atom stereocenters. The SMILES string of the molecule is CCN1CCN(c2nc3cc(C(=O)OC)ccc3c(=O)n2-c2cc(OC)cc(OC)c2)CC1. The fraction of sp³-hybridized carbons (Fsp3) is 0.375. The van der Waals surface area contributed by atoms with Gasteiger partial charge in [0.05, 0.1) is 43.5 Å². The van der Waals surface area contributed by atoms with Gasteiger partial charge in [0.25, 0.3) is 5.56 Å². The lowest BCUT2D eigenvalue weighted by Crippen LogP contribution is -2.48. The second kappa shape index (κ2) is 9.50. The van der Waals surface area contributed by atoms with Crippen molar-refractivity contribution in [3.63, 3.8) is 0 Å². The molecule has 2 aromatic carbocycles. The first-order chi connectivity index (χ1) is 16.0. The fourth-order valence-electron chi connectivity index (χ4n) is 4.05. The van der Waals surface area contributed by atoms with E-state index in [1.165, 1.54) is 7.11 Å². The highest BCUT2D eigenvalue weighted by molar-refractivity contribution is 5.94. The van der Waals surface area contributed by atoms with Gasteiger partial charge < -0.3 is 24.0 Å². The molecule has 0 N–H and O–H groups in total. The Labute approximate surface area is 192 Å². The minimum absolute atomic E-state index is 0.236. The first-order valence-electron chi connectivity index (χ1n) is 10.8. The van der Waals surface area contributed by atoms with Gasteiger partial charge in [-0.15, -0.1) is 0 Å². The number of carbonyl (C=O) groups excluding carboxylic acids is 1. The Balaban J connectivity index is 1.95. The number of aromatic nitrogens is 2. The number of benzene rings is 2. The fourth-order valence-corrected chi connectivity index (χ4v) is 4.05. The molecule has 0 saturated carbocycles. The van der Waals surface area contributed by atoms with E-state index < -0.39 is 5.97 Å². The van der Waals surface area contributed by atoms with Crippen LogP contribution in [0.25, 0.3) is 16.6 Å². The Kier molecular flexibility index (Phi) is 6.50. The summed E-state index contributed by atoms with van der Waals surface area (Å²) in [4.78, 5) is 35.1. The van der Waals surface area contributed by atoms with Crippen LogP contribution in [0.2, 0.25) is 0 Å². The lowest BCUT2D eigenvalue weighted by molar-refractivity contribution is 0.0601. The Morgan fingerprint density at radius 3 is 2.21 bits per heavy atom. The first-order valence-corrected chi connectivity index (χ1v) is 10.8. The minimum Gasteiger partial charge on any atom is -0.497 e. The number of likely N-dealkylation sites (N-methyl/N-ethyl adjacent to an activating group) is 1. The van der Waals surface area contributed by atoms with E-state index in [0.29, 0.717) is 39.6 Å². The molecule has 174 valence electrons. The number of carbonyl (C=O) groups is 1. The predicted molar refractivity (Wildman–Crippen MR) is 126 cm³/mol. The van der Waals surface area contributed by atoms with Crippen LogP contribution in [0.1, 0.15) is 17.3 Å². The Hall–Kier alpha value is -3.59. The van der Waals surface area contributed by atoms with Crippen molar-refractivity contribution >= 4 is 22.8 Å². The second-order valence-electron chi connectivity index (χ2n) is 7.77. The van der Waals surface area contributed by atoms with Gasteiger partial charge in [0, 0.05) is 44.4 Å². The molecule has 9 heteroatoms. The van der Waals surface area contributed by atoms with Gasteiger partial charge >= 0.3 is 5.97 Å². The van der Waals surface area contributed by atoms with Crippen LogP contribution in [0.4, 0.5) is 5.95 Å². The molecule has 1 fully saturated rings. The summed E-state index contributed by atoms with van der Waals surface area (Å²) in [5.41, 5.74) is 1.15. The molecule has 9 nitrogen and oxygen atoms in total. The molecule has 0 radical (unpaired) electrons. The molecule has 1 aromatic heterocycles. The number of hydrogen-bond donors (Lipinski definition) is 0. The molecule has 0 bridgehead atoms. The van der Waals surface area contributed by atoms with Crippen LogP contribution in [0, 0.1) is 0 Å². The molecular weight excluding hydrogens is 424 g/mol. The van der Waals surface area contributed by atoms with E-state index >= 15 is 0 Å². The van der Waals surface area contributed by atoms with Crippen LogP contribution in [-0.2, 0) is 4.74 Å². The van der Waals surface area contributed by atoms with Gasteiger partial charge in [0.15, 0.2) is 0 Å². The highest BCUT2D eigenvalue weighted by Crippen LogP contribution is 2.28. The molecule has 3 aromatic rings. The Bertz CT molecular complexity index is 1210. The number of fused-ring (bicyclic) bond motifs is 1. The topological polar surface area (TPSA) is 86.1 Å². The van der Waals surface area contributed by atoms with Gasteiger partial charge in [-0.2, -0.15) is 0 Å². The maximum absolute atomic E-state index is 13.8. The minimum atomic E-state index is -0.474. The average molecular weight is 453 g/mol. The molecule has 33 heavy (non-hydrogen) atoms. The van der Waals surface area contributed by atoms with Crippen molar-refractivity contribution in [2.24, 2.45) is 0 Å². The van der Waals surface area contributed by atoms with Gasteiger partial charge in [0.2, 0.25) is 5.95 Å². The lowest BCUT2D eigenvalue weighted by atomic mass is 10.1. The van der Waals surface area contributed by atoms with Gasteiger partial charge in [-0.05, 0) is 24.7 Å². The third kappa shape index (κ3) is 4.36. The van der Waals surface area contributed by atoms with Crippen LogP contribution < -0.4 is 19.9 Å². The number of piperazine rings is 1. The van der Waals surface area contributed by atoms with E-state index in [4.69, 9.17) is 19.2 Å². The van der Waals surface area contributed by atoms with E-state index in [9.17, 15) is 9.59 Å². The Morgan fingerprint density at radius 1 is 0.970 bits per heavy atom. The molecule has 0 spiro atoms. The van der Waals surface area contributed by atoms with Crippen LogP contribution in [-0.4, -0.2) is 74.5 Å². The largest absolute Gasteiger partial charge is 0.497 e. The molecule has 2 heterocycles. The third-order valence-electron chi connectivity index (χ3n) is 5.97. The lowest BCUT2D eigenvalue weighted by Gasteiger charge is -2.35. The maximum Gasteiger partial charge on any atom is 0.337 e. The summed E-state index contributed by atoms with van der Waals surface area (Å²) in [6.45, 7) is 6.30. The number of nitrogens with zero attached hydrogens (tertiary/aromatic N) is 4. The van der Waals surface area contributed by atoms with Crippen molar-refractivity contribution in [2.75, 3.05) is 59.0 Å². The van der Waals surface area contributed by atoms with E-state index in [1.54, 1.807) is 55.2 Å². The normalized spacial score (nSPS) is 14.4. The number of rotatable bonds is 6. The summed E-state index contributed by atoms with van der Waals surface area (Å²) in [5.74, 6) is 1.18. The van der Waals surface area contributed by atoms with Crippen molar-refractivity contribution in [2.45, 2.75) is 6.92 Å². The van der Waals surface area contributed by atoms with Crippen LogP contribution >= 0.6 is 0 Å². The Morgan fingerprint density at radius 2 is 1.64 bits per heavy atom. The quantitative estimate of drug-likeness (QED) is 0.527. The molecule has 1 aliphatic rings. The standard InChI is InChI=1S/C24H28N4O5/c1-5-26-8-10-27(11-9-26)24-25-21-12-16(23(30)33-4)6-7-20(21)22(29)28(24)17-13-18(31-2)15-19(14-17)32-3/h6-7,12-15H,5,8-11H2,1-4H3. The molecule has 0 unspecified atom stereocenters. The van der Waals surface area contributed by atoms with Crippen LogP contribution in [0.5, 0.6) is 11.5 Å². The summed E-state index contributed by atoms with van der Waals surface area (Å²) in [6.07, 6.45) is 0. The highest BCUT2D eigenvalue weighted by atomic mass is 16.5. The van der Waals surface area contributed by atoms with Gasteiger partial charge in [-0.3, -0.25) is 4.79 Å². The summed E-state index contributed by atoms with van der Waals surface area (Å²) in [5, 5.41) is 0.403. The van der Waals surface area contributed by atoms with E-state index in [0.717, 1.165) is 32.7 Å². The molecule has 1 saturated heterocycles. The summed E-state index contributed by atoms with van der Waals surface area (Å²) >= 11 is 0. The monoisotopic (exact) mass is 452 g/mol. The molecule has 4 rings (SSSR count). The van der Waals surface area contributed by atoms with Crippen LogP contribution in [0.3, 0.4) is 0 Å². The highest BCUT2D eigenvalue weighted by Gasteiger charge is 2.23. The molecular formula is C24H28N4O5. The van der Waals surface area contributed by atoms with E-state index in [1.807, 2.05) is 0 Å². The van der Waals surface area contributed by atoms with Crippen molar-refractivity contribution in [3.8, 4) is 17.2 Å². The smallest absolute Gasteiger partial charge is 0.337 e. The third-order valence-corrected chi connectivity index (χ3v) is 5.97. The zero-order chi connectivity index (χ0) is 23.5. The maximum atomic E-state index is 13.8. The number of ether oxygens (including phenoxy) is 3. The number of esters is 1. The molecule has 1 aliphatic heterocycles. The first kappa shape index (κ1) is 22.6. The summed E-state index contributed by atoms with van der Waals surface area (Å²) in [7, 11) is 4.46. The second-order valence-corrected chi connectivity index (χ2v) is 7.77. The van der Waals surface area contributed by atoms with Crippen molar-refractivity contribution in [3.05, 3.63) is 52.3 Å². The number of methoxy groups -OCH3 is 3. The van der Waals surface area contributed by atoms with Crippen molar-refractivity contribution < 1.29 is 19.0 Å². The van der Waals surface area contributed by atoms with Gasteiger partial charge in [-0.25, -0.2) is 14.3 Å².